The van der Waals surface area contributed by atoms with Crippen molar-refractivity contribution in [3.8, 4) is 11.5 Å². The zero-order valence-corrected chi connectivity index (χ0v) is 15.4. The number of hydrogen-bond acceptors (Lipinski definition) is 5. The van der Waals surface area contributed by atoms with Crippen LogP contribution in [0.1, 0.15) is 15.9 Å². The number of aliphatic carboxylic acids is 1. The Bertz CT molecular complexity index is 820. The van der Waals surface area contributed by atoms with Crippen molar-refractivity contribution >= 4 is 17.8 Å². The Morgan fingerprint density at radius 1 is 1.00 bits per heavy atom. The van der Waals surface area contributed by atoms with Crippen LogP contribution in [0.15, 0.2) is 48.5 Å². The van der Waals surface area contributed by atoms with E-state index in [1.54, 1.807) is 48.5 Å². The average molecular weight is 386 g/mol. The highest BCUT2D eigenvalue weighted by Crippen LogP contribution is 2.13. The fraction of sp³-hybridized carbons (Fsp3) is 0.250. The van der Waals surface area contributed by atoms with Crippen LogP contribution in [0.25, 0.3) is 0 Å². The molecule has 0 radical (unpaired) electrons. The lowest BCUT2D eigenvalue weighted by Gasteiger charge is -2.08. The van der Waals surface area contributed by atoms with E-state index in [-0.39, 0.29) is 18.4 Å². The van der Waals surface area contributed by atoms with Crippen molar-refractivity contribution in [1.29, 1.82) is 0 Å². The second-order valence-corrected chi connectivity index (χ2v) is 5.84. The molecule has 3 N–H and O–H groups in total. The molecule has 0 bridgehead atoms. The molecule has 28 heavy (non-hydrogen) atoms. The molecule has 2 aromatic carbocycles. The fourth-order valence-corrected chi connectivity index (χ4v) is 2.33. The van der Waals surface area contributed by atoms with Gasteiger partial charge in [0.05, 0.1) is 13.7 Å². The first-order valence-electron chi connectivity index (χ1n) is 8.60. The summed E-state index contributed by atoms with van der Waals surface area (Å²) in [7, 11) is 1.51. The molecule has 2 rings (SSSR count). The summed E-state index contributed by atoms with van der Waals surface area (Å²) in [5.41, 5.74) is 1.38. The van der Waals surface area contributed by atoms with Crippen molar-refractivity contribution < 1.29 is 29.0 Å². The van der Waals surface area contributed by atoms with Gasteiger partial charge in [0.25, 0.3) is 5.91 Å². The Morgan fingerprint density at radius 3 is 2.43 bits per heavy atom. The van der Waals surface area contributed by atoms with Crippen LogP contribution in [0.3, 0.4) is 0 Å². The number of carboxylic acid groups (broad SMARTS) is 1. The topological polar surface area (TPSA) is 114 Å². The summed E-state index contributed by atoms with van der Waals surface area (Å²) < 4.78 is 10.1. The highest BCUT2D eigenvalue weighted by Gasteiger charge is 2.09. The first kappa shape index (κ1) is 20.8. The van der Waals surface area contributed by atoms with Crippen molar-refractivity contribution in [2.75, 3.05) is 26.8 Å². The van der Waals surface area contributed by atoms with E-state index in [0.717, 1.165) is 5.56 Å². The number of carboxylic acids is 1. The zero-order chi connectivity index (χ0) is 20.4. The molecule has 2 aromatic rings. The van der Waals surface area contributed by atoms with E-state index < -0.39 is 12.6 Å². The van der Waals surface area contributed by atoms with Crippen LogP contribution in [0.5, 0.6) is 11.5 Å². The third-order valence-electron chi connectivity index (χ3n) is 3.76. The number of carbonyl (C=O) groups is 3. The normalized spacial score (nSPS) is 10.0. The van der Waals surface area contributed by atoms with E-state index in [4.69, 9.17) is 14.6 Å². The minimum atomic E-state index is -1.04. The summed E-state index contributed by atoms with van der Waals surface area (Å²) in [5.74, 6) is -0.652. The molecule has 0 saturated heterocycles. The monoisotopic (exact) mass is 386 g/mol. The molecule has 0 fully saturated rings. The summed E-state index contributed by atoms with van der Waals surface area (Å²) in [6, 6.07) is 13.6. The van der Waals surface area contributed by atoms with Crippen molar-refractivity contribution in [3.63, 3.8) is 0 Å². The number of carbonyl (C=O) groups excluding carboxylic acids is 2. The first-order chi connectivity index (χ1) is 13.5. The summed E-state index contributed by atoms with van der Waals surface area (Å²) >= 11 is 0. The Morgan fingerprint density at radius 2 is 1.75 bits per heavy atom. The second kappa shape index (κ2) is 10.6. The number of benzene rings is 2. The van der Waals surface area contributed by atoms with Gasteiger partial charge in [0.1, 0.15) is 11.5 Å². The molecule has 8 nitrogen and oxygen atoms in total. The standard InChI is InChI=1S/C20H22N2O6/c1-27-17-4-2-3-15(11-17)20(26)22-12-18(23)21-10-9-14-5-7-16(8-6-14)28-13-19(24)25/h2-8,11H,9-10,12-13H2,1H3,(H,21,23)(H,22,26)(H,24,25). The molecule has 0 atom stereocenters. The third kappa shape index (κ3) is 6.99. The maximum absolute atomic E-state index is 12.0. The minimum Gasteiger partial charge on any atom is -0.497 e. The number of amides is 2. The lowest BCUT2D eigenvalue weighted by Crippen LogP contribution is -2.37. The van der Waals surface area contributed by atoms with E-state index in [1.807, 2.05) is 0 Å². The molecular weight excluding hydrogens is 364 g/mol. The van der Waals surface area contributed by atoms with Crippen molar-refractivity contribution in [1.82, 2.24) is 10.6 Å². The van der Waals surface area contributed by atoms with Gasteiger partial charge in [0.2, 0.25) is 5.91 Å². The Balaban J connectivity index is 1.69. The van der Waals surface area contributed by atoms with Crippen LogP contribution in [-0.2, 0) is 16.0 Å². The van der Waals surface area contributed by atoms with Gasteiger partial charge in [-0.15, -0.1) is 0 Å². The SMILES string of the molecule is COc1cccc(C(=O)NCC(=O)NCCc2ccc(OCC(=O)O)cc2)c1. The van der Waals surface area contributed by atoms with Crippen LogP contribution >= 0.6 is 0 Å². The predicted octanol–water partition coefficient (Wildman–Crippen LogP) is 1.25. The third-order valence-corrected chi connectivity index (χ3v) is 3.76. The van der Waals surface area contributed by atoms with E-state index in [1.165, 1.54) is 7.11 Å². The van der Waals surface area contributed by atoms with Gasteiger partial charge in [-0.2, -0.15) is 0 Å². The maximum Gasteiger partial charge on any atom is 0.341 e. The Kier molecular flexibility index (Phi) is 7.83. The molecule has 8 heteroatoms. The number of rotatable bonds is 10. The van der Waals surface area contributed by atoms with Crippen LogP contribution < -0.4 is 20.1 Å². The van der Waals surface area contributed by atoms with Gasteiger partial charge in [-0.25, -0.2) is 4.79 Å². The number of methoxy groups -OCH3 is 1. The average Bonchev–Trinajstić information content (AvgIpc) is 2.71. The van der Waals surface area contributed by atoms with Gasteiger partial charge in [0.15, 0.2) is 6.61 Å². The van der Waals surface area contributed by atoms with Crippen LogP contribution in [0.4, 0.5) is 0 Å². The summed E-state index contributed by atoms with van der Waals surface area (Å²) in [6.07, 6.45) is 0.592. The molecule has 0 unspecified atom stereocenters. The molecule has 0 aliphatic carbocycles. The lowest BCUT2D eigenvalue weighted by molar-refractivity contribution is -0.139. The lowest BCUT2D eigenvalue weighted by atomic mass is 10.1. The smallest absolute Gasteiger partial charge is 0.341 e. The molecule has 0 spiro atoms. The van der Waals surface area contributed by atoms with Crippen LogP contribution in [-0.4, -0.2) is 49.7 Å². The summed E-state index contributed by atoms with van der Waals surface area (Å²) in [5, 5.41) is 13.9. The zero-order valence-electron chi connectivity index (χ0n) is 15.4. The predicted molar refractivity (Wildman–Crippen MR) is 102 cm³/mol. The van der Waals surface area contributed by atoms with Crippen molar-refractivity contribution in [3.05, 3.63) is 59.7 Å². The van der Waals surface area contributed by atoms with E-state index in [0.29, 0.717) is 30.0 Å². The van der Waals surface area contributed by atoms with Crippen LogP contribution in [0.2, 0.25) is 0 Å². The van der Waals surface area contributed by atoms with Gasteiger partial charge in [-0.1, -0.05) is 18.2 Å². The highest BCUT2D eigenvalue weighted by atomic mass is 16.5. The number of ether oxygens (including phenoxy) is 2. The molecule has 0 aliphatic heterocycles. The fourth-order valence-electron chi connectivity index (χ4n) is 2.33. The van der Waals surface area contributed by atoms with Gasteiger partial charge < -0.3 is 25.2 Å². The largest absolute Gasteiger partial charge is 0.497 e. The van der Waals surface area contributed by atoms with Gasteiger partial charge in [-0.05, 0) is 42.3 Å². The molecule has 2 amide bonds. The molecule has 0 aromatic heterocycles. The molecule has 148 valence electrons. The van der Waals surface area contributed by atoms with Crippen LogP contribution in [0, 0.1) is 0 Å². The Labute approximate surface area is 162 Å². The van der Waals surface area contributed by atoms with Crippen molar-refractivity contribution in [2.45, 2.75) is 6.42 Å². The molecule has 0 heterocycles. The molecular formula is C20H22N2O6. The van der Waals surface area contributed by atoms with Gasteiger partial charge in [-0.3, -0.25) is 9.59 Å². The number of nitrogens with one attached hydrogen (secondary N) is 2. The quantitative estimate of drug-likeness (QED) is 0.566. The highest BCUT2D eigenvalue weighted by molar-refractivity contribution is 5.96. The minimum absolute atomic E-state index is 0.127. The second-order valence-electron chi connectivity index (χ2n) is 5.84. The summed E-state index contributed by atoms with van der Waals surface area (Å²) in [4.78, 5) is 34.4. The van der Waals surface area contributed by atoms with Gasteiger partial charge >= 0.3 is 5.97 Å². The van der Waals surface area contributed by atoms with Crippen molar-refractivity contribution in [2.24, 2.45) is 0 Å². The van der Waals surface area contributed by atoms with Gasteiger partial charge in [0, 0.05) is 12.1 Å². The van der Waals surface area contributed by atoms with E-state index in [9.17, 15) is 14.4 Å². The maximum atomic E-state index is 12.0. The summed E-state index contributed by atoms with van der Waals surface area (Å²) in [6.45, 7) is -0.113. The van der Waals surface area contributed by atoms with E-state index in [2.05, 4.69) is 10.6 Å². The molecule has 0 saturated carbocycles. The van der Waals surface area contributed by atoms with E-state index >= 15 is 0 Å². The first-order valence-corrected chi connectivity index (χ1v) is 8.60. The Hall–Kier alpha value is -3.55. The number of hydrogen-bond donors (Lipinski definition) is 3. The molecule has 0 aliphatic rings.